The molecule has 94 valence electrons. The summed E-state index contributed by atoms with van der Waals surface area (Å²) in [6, 6.07) is 0. The zero-order chi connectivity index (χ0) is 11.8. The molecule has 0 radical (unpaired) electrons. The fraction of sp³-hybridized carbons (Fsp3) is 1.00. The molecule has 6 heteroatoms. The van der Waals surface area contributed by atoms with E-state index in [1.807, 2.05) is 13.8 Å². The van der Waals surface area contributed by atoms with E-state index >= 15 is 0 Å². The SMILES string of the molecule is C[C@H]1CN(S(=O)(=O)N2CCCC2)C[C@H](C)O1. The van der Waals surface area contributed by atoms with Crippen molar-refractivity contribution in [1.29, 1.82) is 0 Å². The van der Waals surface area contributed by atoms with Crippen LogP contribution in [0.1, 0.15) is 26.7 Å². The minimum absolute atomic E-state index is 0.0128. The van der Waals surface area contributed by atoms with Gasteiger partial charge in [0.2, 0.25) is 0 Å². The number of hydrogen-bond donors (Lipinski definition) is 0. The van der Waals surface area contributed by atoms with Gasteiger partial charge in [-0.1, -0.05) is 0 Å². The van der Waals surface area contributed by atoms with E-state index in [1.165, 1.54) is 0 Å². The zero-order valence-corrected chi connectivity index (χ0v) is 10.7. The standard InChI is InChI=1S/C10H20N2O3S/c1-9-7-12(8-10(2)15-9)16(13,14)11-5-3-4-6-11/h9-10H,3-8H2,1-2H3/t9-,10-/m0/s1. The van der Waals surface area contributed by atoms with E-state index in [4.69, 9.17) is 4.74 Å². The van der Waals surface area contributed by atoms with E-state index in [-0.39, 0.29) is 12.2 Å². The molecule has 0 aliphatic carbocycles. The summed E-state index contributed by atoms with van der Waals surface area (Å²) in [4.78, 5) is 0. The van der Waals surface area contributed by atoms with E-state index in [0.29, 0.717) is 26.2 Å². The molecule has 2 aliphatic heterocycles. The first-order chi connectivity index (χ1) is 7.50. The predicted octanol–water partition coefficient (Wildman–Crippen LogP) is 0.436. The van der Waals surface area contributed by atoms with Gasteiger partial charge in [0, 0.05) is 26.2 Å². The second-order valence-corrected chi connectivity index (χ2v) is 6.62. The summed E-state index contributed by atoms with van der Waals surface area (Å²) in [5, 5.41) is 0. The Hall–Kier alpha value is -0.170. The minimum Gasteiger partial charge on any atom is -0.373 e. The second-order valence-electron chi connectivity index (χ2n) is 4.69. The highest BCUT2D eigenvalue weighted by molar-refractivity contribution is 7.86. The molecule has 0 aromatic carbocycles. The minimum atomic E-state index is -3.24. The molecule has 2 aliphatic rings. The Balaban J connectivity index is 2.10. The molecule has 5 nitrogen and oxygen atoms in total. The Morgan fingerprint density at radius 3 is 2.00 bits per heavy atom. The lowest BCUT2D eigenvalue weighted by Crippen LogP contribution is -2.52. The molecule has 0 amide bonds. The first-order valence-electron chi connectivity index (χ1n) is 5.91. The monoisotopic (exact) mass is 248 g/mol. The molecule has 0 bridgehead atoms. The maximum absolute atomic E-state index is 12.3. The summed E-state index contributed by atoms with van der Waals surface area (Å²) >= 11 is 0. The van der Waals surface area contributed by atoms with Crippen LogP contribution < -0.4 is 0 Å². The van der Waals surface area contributed by atoms with E-state index in [9.17, 15) is 8.42 Å². The molecule has 2 rings (SSSR count). The predicted molar refractivity (Wildman–Crippen MR) is 61.3 cm³/mol. The Morgan fingerprint density at radius 2 is 1.50 bits per heavy atom. The number of ether oxygens (including phenoxy) is 1. The second kappa shape index (κ2) is 4.60. The van der Waals surface area contributed by atoms with Crippen molar-refractivity contribution in [2.24, 2.45) is 0 Å². The molecule has 16 heavy (non-hydrogen) atoms. The lowest BCUT2D eigenvalue weighted by Gasteiger charge is -2.36. The van der Waals surface area contributed by atoms with Crippen LogP contribution in [0.5, 0.6) is 0 Å². The van der Waals surface area contributed by atoms with Crippen LogP contribution in [0.3, 0.4) is 0 Å². The Bertz CT molecular complexity index is 328. The number of hydrogen-bond acceptors (Lipinski definition) is 3. The van der Waals surface area contributed by atoms with Crippen LogP contribution in [-0.2, 0) is 14.9 Å². The Kier molecular flexibility index (Phi) is 3.53. The van der Waals surface area contributed by atoms with Crippen molar-refractivity contribution in [3.8, 4) is 0 Å². The highest BCUT2D eigenvalue weighted by Crippen LogP contribution is 2.20. The van der Waals surface area contributed by atoms with Crippen molar-refractivity contribution in [3.05, 3.63) is 0 Å². The van der Waals surface area contributed by atoms with Gasteiger partial charge in [0.05, 0.1) is 12.2 Å². The quantitative estimate of drug-likeness (QED) is 0.712. The van der Waals surface area contributed by atoms with Crippen molar-refractivity contribution in [3.63, 3.8) is 0 Å². The van der Waals surface area contributed by atoms with Crippen molar-refractivity contribution >= 4 is 10.2 Å². The molecule has 0 unspecified atom stereocenters. The van der Waals surface area contributed by atoms with Gasteiger partial charge in [-0.3, -0.25) is 0 Å². The summed E-state index contributed by atoms with van der Waals surface area (Å²) in [6.45, 7) is 6.13. The van der Waals surface area contributed by atoms with Gasteiger partial charge < -0.3 is 4.74 Å². The average molecular weight is 248 g/mol. The molecule has 2 saturated heterocycles. The summed E-state index contributed by atoms with van der Waals surface area (Å²) in [7, 11) is -3.24. The smallest absolute Gasteiger partial charge is 0.282 e. The van der Waals surface area contributed by atoms with E-state index in [2.05, 4.69) is 0 Å². The summed E-state index contributed by atoms with van der Waals surface area (Å²) in [6.07, 6.45) is 1.94. The van der Waals surface area contributed by atoms with Gasteiger partial charge in [0.1, 0.15) is 0 Å². The largest absolute Gasteiger partial charge is 0.373 e. The van der Waals surface area contributed by atoms with Gasteiger partial charge >= 0.3 is 0 Å². The van der Waals surface area contributed by atoms with Crippen LogP contribution in [0.4, 0.5) is 0 Å². The molecule has 0 saturated carbocycles. The van der Waals surface area contributed by atoms with Crippen LogP contribution in [0.2, 0.25) is 0 Å². The molecule has 0 aromatic rings. The average Bonchev–Trinajstić information content (AvgIpc) is 2.69. The summed E-state index contributed by atoms with van der Waals surface area (Å²) < 4.78 is 33.3. The van der Waals surface area contributed by atoms with Crippen LogP contribution >= 0.6 is 0 Å². The highest BCUT2D eigenvalue weighted by atomic mass is 32.2. The van der Waals surface area contributed by atoms with Crippen molar-refractivity contribution in [2.45, 2.75) is 38.9 Å². The maximum atomic E-state index is 12.3. The normalized spacial score (nSPS) is 34.4. The Labute approximate surface area is 97.5 Å². The Morgan fingerprint density at radius 1 is 1.00 bits per heavy atom. The van der Waals surface area contributed by atoms with Gasteiger partial charge in [-0.15, -0.1) is 0 Å². The molecule has 2 fully saturated rings. The molecule has 2 atom stereocenters. The van der Waals surface area contributed by atoms with E-state index in [0.717, 1.165) is 12.8 Å². The lowest BCUT2D eigenvalue weighted by molar-refractivity contribution is -0.0453. The van der Waals surface area contributed by atoms with Crippen molar-refractivity contribution in [1.82, 2.24) is 8.61 Å². The topological polar surface area (TPSA) is 49.9 Å². The van der Waals surface area contributed by atoms with Crippen LogP contribution in [0, 0.1) is 0 Å². The van der Waals surface area contributed by atoms with E-state index in [1.54, 1.807) is 8.61 Å². The number of rotatable bonds is 2. The van der Waals surface area contributed by atoms with Crippen molar-refractivity contribution in [2.75, 3.05) is 26.2 Å². The van der Waals surface area contributed by atoms with E-state index < -0.39 is 10.2 Å². The fourth-order valence-electron chi connectivity index (χ4n) is 2.40. The number of nitrogens with zero attached hydrogens (tertiary/aromatic N) is 2. The van der Waals surface area contributed by atoms with Gasteiger partial charge in [0.25, 0.3) is 10.2 Å². The lowest BCUT2D eigenvalue weighted by atomic mass is 10.3. The third-order valence-corrected chi connectivity index (χ3v) is 5.07. The first-order valence-corrected chi connectivity index (χ1v) is 7.30. The van der Waals surface area contributed by atoms with Gasteiger partial charge in [-0.25, -0.2) is 0 Å². The molecule has 2 heterocycles. The molecule has 0 N–H and O–H groups in total. The fourth-order valence-corrected chi connectivity index (χ4v) is 4.24. The third kappa shape index (κ3) is 2.40. The summed E-state index contributed by atoms with van der Waals surface area (Å²) in [5.74, 6) is 0. The first kappa shape index (κ1) is 12.3. The van der Waals surface area contributed by atoms with Gasteiger partial charge in [-0.05, 0) is 26.7 Å². The third-order valence-electron chi connectivity index (χ3n) is 3.10. The maximum Gasteiger partial charge on any atom is 0.282 e. The van der Waals surface area contributed by atoms with Crippen molar-refractivity contribution < 1.29 is 13.2 Å². The zero-order valence-electron chi connectivity index (χ0n) is 9.92. The van der Waals surface area contributed by atoms with Gasteiger partial charge in [0.15, 0.2) is 0 Å². The molecule has 0 aromatic heterocycles. The van der Waals surface area contributed by atoms with Crippen LogP contribution in [0.15, 0.2) is 0 Å². The molecular weight excluding hydrogens is 228 g/mol. The van der Waals surface area contributed by atoms with Crippen LogP contribution in [0.25, 0.3) is 0 Å². The highest BCUT2D eigenvalue weighted by Gasteiger charge is 2.36. The molecular formula is C10H20N2O3S. The van der Waals surface area contributed by atoms with Crippen LogP contribution in [-0.4, -0.2) is 55.4 Å². The summed E-state index contributed by atoms with van der Waals surface area (Å²) in [5.41, 5.74) is 0. The molecule has 0 spiro atoms. The van der Waals surface area contributed by atoms with Gasteiger partial charge in [-0.2, -0.15) is 17.0 Å². The number of morpholine rings is 1.